The number of hydrogen-bond acceptors (Lipinski definition) is 3. The van der Waals surface area contributed by atoms with Gasteiger partial charge in [0.15, 0.2) is 0 Å². The van der Waals surface area contributed by atoms with Gasteiger partial charge in [-0.25, -0.2) is 0 Å². The molecule has 0 bridgehead atoms. The normalized spacial score (nSPS) is 14.2. The van der Waals surface area contributed by atoms with Gasteiger partial charge in [-0.3, -0.25) is 4.79 Å². The van der Waals surface area contributed by atoms with Crippen LogP contribution in [0.5, 0.6) is 5.75 Å². The first kappa shape index (κ1) is 17.7. The predicted molar refractivity (Wildman–Crippen MR) is 78.0 cm³/mol. The second-order valence-electron chi connectivity index (χ2n) is 4.85. The van der Waals surface area contributed by atoms with Gasteiger partial charge in [-0.05, 0) is 24.1 Å². The molecule has 1 aromatic rings. The topological polar surface area (TPSA) is 50.4 Å². The number of ether oxygens (including phenoxy) is 1. The van der Waals surface area contributed by atoms with Crippen LogP contribution in [0.4, 0.5) is 8.78 Å². The molecule has 4 nitrogen and oxygen atoms in total. The van der Waals surface area contributed by atoms with Crippen LogP contribution in [-0.2, 0) is 11.2 Å². The van der Waals surface area contributed by atoms with Crippen LogP contribution in [0.1, 0.15) is 12.0 Å². The average molecular weight is 321 g/mol. The van der Waals surface area contributed by atoms with E-state index in [1.54, 1.807) is 12.1 Å². The number of aryl methyl sites for hydroxylation is 1. The monoisotopic (exact) mass is 320 g/mol. The van der Waals surface area contributed by atoms with Crippen molar-refractivity contribution in [2.45, 2.75) is 19.5 Å². The quantitative estimate of drug-likeness (QED) is 0.807. The molecule has 0 radical (unpaired) electrons. The van der Waals surface area contributed by atoms with Crippen LogP contribution in [0.25, 0.3) is 0 Å². The van der Waals surface area contributed by atoms with Crippen LogP contribution in [0.2, 0.25) is 0 Å². The third-order valence-corrected chi connectivity index (χ3v) is 3.24. The number of carbonyl (C=O) groups excluding carboxylic acids is 1. The summed E-state index contributed by atoms with van der Waals surface area (Å²) in [6.07, 6.45) is 0.985. The summed E-state index contributed by atoms with van der Waals surface area (Å²) in [5.74, 6) is 0.695. The summed E-state index contributed by atoms with van der Waals surface area (Å²) in [6.45, 7) is -0.169. The predicted octanol–water partition coefficient (Wildman–Crippen LogP) is 1.98. The summed E-state index contributed by atoms with van der Waals surface area (Å²) in [7, 11) is 0. The number of alkyl halides is 2. The van der Waals surface area contributed by atoms with E-state index in [9.17, 15) is 13.6 Å². The molecular weight excluding hydrogens is 302 g/mol. The summed E-state index contributed by atoms with van der Waals surface area (Å²) in [4.78, 5) is 11.6. The molecule has 0 aliphatic carbocycles. The fourth-order valence-corrected chi connectivity index (χ4v) is 1.93. The second kappa shape index (κ2) is 8.79. The minimum absolute atomic E-state index is 0. The highest BCUT2D eigenvalue weighted by atomic mass is 35.5. The van der Waals surface area contributed by atoms with Crippen molar-refractivity contribution in [2.24, 2.45) is 5.92 Å². The SMILES string of the molecule is Cl.O=C(CCc1ccc(OC(F)F)cc1)NCC1CNC1. The van der Waals surface area contributed by atoms with Crippen molar-refractivity contribution < 1.29 is 18.3 Å². The fraction of sp³-hybridized carbons (Fsp3) is 0.500. The van der Waals surface area contributed by atoms with E-state index in [1.807, 2.05) is 0 Å². The minimum atomic E-state index is -2.81. The number of hydrogen-bond donors (Lipinski definition) is 2. The van der Waals surface area contributed by atoms with E-state index in [0.717, 1.165) is 18.7 Å². The van der Waals surface area contributed by atoms with Gasteiger partial charge in [-0.2, -0.15) is 8.78 Å². The highest BCUT2D eigenvalue weighted by Gasteiger charge is 2.16. The first-order valence-electron chi connectivity index (χ1n) is 6.64. The lowest BCUT2D eigenvalue weighted by Crippen LogP contribution is -2.48. The summed E-state index contributed by atoms with van der Waals surface area (Å²) in [5.41, 5.74) is 0.923. The maximum Gasteiger partial charge on any atom is 0.387 e. The van der Waals surface area contributed by atoms with E-state index < -0.39 is 6.61 Å². The first-order chi connectivity index (χ1) is 9.63. The van der Waals surface area contributed by atoms with Gasteiger partial charge in [0, 0.05) is 32.0 Å². The second-order valence-corrected chi connectivity index (χ2v) is 4.85. The summed E-state index contributed by atoms with van der Waals surface area (Å²) < 4.78 is 28.2. The van der Waals surface area contributed by atoms with Crippen LogP contribution < -0.4 is 15.4 Å². The molecular formula is C14H19ClF2N2O2. The zero-order chi connectivity index (χ0) is 14.4. The zero-order valence-corrected chi connectivity index (χ0v) is 12.3. The molecule has 21 heavy (non-hydrogen) atoms. The van der Waals surface area contributed by atoms with Crippen molar-refractivity contribution in [1.29, 1.82) is 0 Å². The Morgan fingerprint density at radius 3 is 2.52 bits per heavy atom. The highest BCUT2D eigenvalue weighted by molar-refractivity contribution is 5.85. The van der Waals surface area contributed by atoms with Crippen LogP contribution in [0.15, 0.2) is 24.3 Å². The smallest absolute Gasteiger partial charge is 0.387 e. The number of carbonyl (C=O) groups is 1. The maximum atomic E-state index is 12.0. The fourth-order valence-electron chi connectivity index (χ4n) is 1.93. The zero-order valence-electron chi connectivity index (χ0n) is 11.5. The Bertz CT molecular complexity index is 439. The molecule has 2 rings (SSSR count). The summed E-state index contributed by atoms with van der Waals surface area (Å²) in [6, 6.07) is 6.36. The van der Waals surface area contributed by atoms with Gasteiger partial charge in [-0.15, -0.1) is 12.4 Å². The van der Waals surface area contributed by atoms with Gasteiger partial charge in [0.25, 0.3) is 0 Å². The Hall–Kier alpha value is -1.40. The number of nitrogens with one attached hydrogen (secondary N) is 2. The van der Waals surface area contributed by atoms with Gasteiger partial charge in [0.1, 0.15) is 5.75 Å². The van der Waals surface area contributed by atoms with Crippen LogP contribution in [0.3, 0.4) is 0 Å². The third kappa shape index (κ3) is 6.27. The number of halogens is 3. The van der Waals surface area contributed by atoms with E-state index in [4.69, 9.17) is 0 Å². The van der Waals surface area contributed by atoms with Gasteiger partial charge in [0.2, 0.25) is 5.91 Å². The largest absolute Gasteiger partial charge is 0.435 e. The molecule has 0 aromatic heterocycles. The van der Waals surface area contributed by atoms with Crippen LogP contribution in [-0.4, -0.2) is 32.2 Å². The van der Waals surface area contributed by atoms with Crippen molar-refractivity contribution in [1.82, 2.24) is 10.6 Å². The molecule has 118 valence electrons. The molecule has 0 spiro atoms. The lowest BCUT2D eigenvalue weighted by atomic mass is 10.0. The summed E-state index contributed by atoms with van der Waals surface area (Å²) >= 11 is 0. The van der Waals surface area contributed by atoms with Crippen LogP contribution in [0, 0.1) is 5.92 Å². The molecule has 1 amide bonds. The van der Waals surface area contributed by atoms with Crippen LogP contribution >= 0.6 is 12.4 Å². The van der Waals surface area contributed by atoms with E-state index in [1.165, 1.54) is 12.1 Å². The maximum absolute atomic E-state index is 12.0. The Labute approximate surface area is 128 Å². The molecule has 0 saturated carbocycles. The Morgan fingerprint density at radius 1 is 1.33 bits per heavy atom. The molecule has 0 atom stereocenters. The lowest BCUT2D eigenvalue weighted by molar-refractivity contribution is -0.121. The number of rotatable bonds is 7. The van der Waals surface area contributed by atoms with Crippen molar-refractivity contribution in [3.05, 3.63) is 29.8 Å². The third-order valence-electron chi connectivity index (χ3n) is 3.24. The first-order valence-corrected chi connectivity index (χ1v) is 6.64. The molecule has 1 saturated heterocycles. The molecule has 1 aliphatic rings. The molecule has 1 heterocycles. The summed E-state index contributed by atoms with van der Waals surface area (Å²) in [5, 5.41) is 6.03. The molecule has 1 aromatic carbocycles. The van der Waals surface area contributed by atoms with Gasteiger partial charge in [-0.1, -0.05) is 12.1 Å². The standard InChI is InChI=1S/C14H18F2N2O2.ClH/c15-14(16)20-12-4-1-10(2-5-12)3-6-13(19)18-9-11-7-17-8-11;/h1-2,4-5,11,14,17H,3,6-9H2,(H,18,19);1H. The number of amides is 1. The van der Waals surface area contributed by atoms with Gasteiger partial charge in [0.05, 0.1) is 0 Å². The lowest BCUT2D eigenvalue weighted by Gasteiger charge is -2.27. The van der Waals surface area contributed by atoms with E-state index in [-0.39, 0.29) is 24.1 Å². The molecule has 2 N–H and O–H groups in total. The van der Waals surface area contributed by atoms with E-state index >= 15 is 0 Å². The Morgan fingerprint density at radius 2 is 2.00 bits per heavy atom. The van der Waals surface area contributed by atoms with Gasteiger partial charge < -0.3 is 15.4 Å². The number of benzene rings is 1. The molecule has 7 heteroatoms. The Balaban J connectivity index is 0.00000220. The van der Waals surface area contributed by atoms with Crippen molar-refractivity contribution >= 4 is 18.3 Å². The minimum Gasteiger partial charge on any atom is -0.435 e. The van der Waals surface area contributed by atoms with Crippen molar-refractivity contribution in [3.63, 3.8) is 0 Å². The highest BCUT2D eigenvalue weighted by Crippen LogP contribution is 2.15. The molecule has 1 aliphatic heterocycles. The molecule has 1 fully saturated rings. The van der Waals surface area contributed by atoms with Crippen molar-refractivity contribution in [3.8, 4) is 5.75 Å². The Kier molecular flexibility index (Phi) is 7.39. The van der Waals surface area contributed by atoms with E-state index in [0.29, 0.717) is 25.3 Å². The average Bonchev–Trinajstić information content (AvgIpc) is 2.35. The molecule has 0 unspecified atom stereocenters. The van der Waals surface area contributed by atoms with Crippen molar-refractivity contribution in [2.75, 3.05) is 19.6 Å². The van der Waals surface area contributed by atoms with E-state index in [2.05, 4.69) is 15.4 Å². The van der Waals surface area contributed by atoms with Gasteiger partial charge >= 0.3 is 6.61 Å².